The lowest BCUT2D eigenvalue weighted by molar-refractivity contribution is 0.483. The van der Waals surface area contributed by atoms with E-state index in [9.17, 15) is 5.11 Å². The third-order valence-corrected chi connectivity index (χ3v) is 4.87. The maximum absolute atomic E-state index is 10.8. The highest BCUT2D eigenvalue weighted by molar-refractivity contribution is 7.99. The molecule has 0 aliphatic carbocycles. The van der Waals surface area contributed by atoms with Crippen molar-refractivity contribution in [2.75, 3.05) is 5.75 Å². The van der Waals surface area contributed by atoms with Crippen molar-refractivity contribution in [2.24, 2.45) is 0 Å². The molecule has 0 amide bonds. The zero-order valence-electron chi connectivity index (χ0n) is 13.8. The second-order valence-corrected chi connectivity index (χ2v) is 6.82. The van der Waals surface area contributed by atoms with Crippen LogP contribution in [0.4, 0.5) is 0 Å². The Morgan fingerprint density at radius 2 is 1.68 bits per heavy atom. The molecule has 4 nitrogen and oxygen atoms in total. The summed E-state index contributed by atoms with van der Waals surface area (Å²) < 4.78 is 2.00. The maximum atomic E-state index is 10.8. The average molecular weight is 347 g/mol. The zero-order valence-corrected chi connectivity index (χ0v) is 14.6. The summed E-state index contributed by atoms with van der Waals surface area (Å²) >= 11 is 1.63. The van der Waals surface area contributed by atoms with Crippen molar-refractivity contribution in [1.29, 1.82) is 0 Å². The van der Waals surface area contributed by atoms with Crippen LogP contribution in [0.25, 0.3) is 27.8 Å². The van der Waals surface area contributed by atoms with Crippen LogP contribution in [0.15, 0.2) is 71.9 Å². The van der Waals surface area contributed by atoms with Crippen LogP contribution in [-0.4, -0.2) is 25.6 Å². The molecule has 0 spiro atoms. The predicted molar refractivity (Wildman–Crippen MR) is 102 cm³/mol. The molecular formula is C20H17N3OS. The van der Waals surface area contributed by atoms with Gasteiger partial charge in [-0.2, -0.15) is 0 Å². The third-order valence-electron chi connectivity index (χ3n) is 4.06. The molecule has 1 N–H and O–H groups in total. The number of hydrogen-bond donors (Lipinski definition) is 1. The topological polar surface area (TPSA) is 50.9 Å². The summed E-state index contributed by atoms with van der Waals surface area (Å²) in [5.74, 6) is 1.77. The Kier molecular flexibility index (Phi) is 4.15. The predicted octanol–water partition coefficient (Wildman–Crippen LogP) is 4.91. The number of fused-ring (bicyclic) bond motifs is 1. The van der Waals surface area contributed by atoms with Crippen molar-refractivity contribution in [3.63, 3.8) is 0 Å². The minimum Gasteiger partial charge on any atom is -0.507 e. The molecule has 4 aromatic rings. The molecule has 0 aliphatic rings. The monoisotopic (exact) mass is 347 g/mol. The number of phenolic OH excluding ortho intramolecular Hbond substituents is 1. The Balaban J connectivity index is 1.96. The number of aromatic hydroxyl groups is 1. The van der Waals surface area contributed by atoms with Crippen LogP contribution in [0.2, 0.25) is 0 Å². The van der Waals surface area contributed by atoms with Crippen LogP contribution in [0, 0.1) is 0 Å². The highest BCUT2D eigenvalue weighted by Gasteiger charge is 2.19. The highest BCUT2D eigenvalue weighted by Crippen LogP contribution is 2.37. The van der Waals surface area contributed by atoms with E-state index in [-0.39, 0.29) is 5.75 Å². The van der Waals surface area contributed by atoms with Crippen LogP contribution in [0.1, 0.15) is 6.92 Å². The van der Waals surface area contributed by atoms with E-state index in [2.05, 4.69) is 17.1 Å². The lowest BCUT2D eigenvalue weighted by atomic mass is 10.0. The molecule has 4 rings (SSSR count). The van der Waals surface area contributed by atoms with E-state index in [0.29, 0.717) is 11.4 Å². The fourth-order valence-corrected chi connectivity index (χ4v) is 3.59. The van der Waals surface area contributed by atoms with E-state index in [1.807, 2.05) is 71.3 Å². The van der Waals surface area contributed by atoms with Gasteiger partial charge in [0.2, 0.25) is 0 Å². The van der Waals surface area contributed by atoms with Gasteiger partial charge < -0.3 is 5.11 Å². The number of hydrogen-bond acceptors (Lipinski definition) is 4. The summed E-state index contributed by atoms with van der Waals surface area (Å²) in [7, 11) is 0. The maximum Gasteiger partial charge on any atom is 0.196 e. The number of phenols is 1. The van der Waals surface area contributed by atoms with Gasteiger partial charge in [-0.25, -0.2) is 0 Å². The smallest absolute Gasteiger partial charge is 0.196 e. The van der Waals surface area contributed by atoms with Crippen molar-refractivity contribution in [3.8, 4) is 22.8 Å². The first-order valence-corrected chi connectivity index (χ1v) is 9.13. The summed E-state index contributed by atoms with van der Waals surface area (Å²) in [5.41, 5.74) is 1.66. The van der Waals surface area contributed by atoms with Crippen molar-refractivity contribution in [3.05, 3.63) is 66.7 Å². The molecule has 1 aromatic heterocycles. The van der Waals surface area contributed by atoms with Gasteiger partial charge in [-0.15, -0.1) is 10.2 Å². The second-order valence-electron chi connectivity index (χ2n) is 5.59. The number of rotatable bonds is 4. The molecule has 0 saturated carbocycles. The van der Waals surface area contributed by atoms with E-state index in [4.69, 9.17) is 0 Å². The Morgan fingerprint density at radius 3 is 2.48 bits per heavy atom. The SMILES string of the molecule is CCSc1nnc(-c2ccc3ccccc3c2O)n1-c1ccccc1. The summed E-state index contributed by atoms with van der Waals surface area (Å²) in [6.07, 6.45) is 0. The summed E-state index contributed by atoms with van der Waals surface area (Å²) in [4.78, 5) is 0. The number of para-hydroxylation sites is 1. The Bertz CT molecular complexity index is 1030. The fourth-order valence-electron chi connectivity index (χ4n) is 2.91. The van der Waals surface area contributed by atoms with Gasteiger partial charge in [-0.1, -0.05) is 67.2 Å². The van der Waals surface area contributed by atoms with Gasteiger partial charge in [0.25, 0.3) is 0 Å². The molecule has 0 fully saturated rings. The summed E-state index contributed by atoms with van der Waals surface area (Å²) in [5, 5.41) is 22.2. The van der Waals surface area contributed by atoms with Crippen LogP contribution in [-0.2, 0) is 0 Å². The Labute approximate surface area is 150 Å². The van der Waals surface area contributed by atoms with Crippen LogP contribution < -0.4 is 0 Å². The van der Waals surface area contributed by atoms with Gasteiger partial charge in [0.15, 0.2) is 11.0 Å². The minimum atomic E-state index is 0.232. The van der Waals surface area contributed by atoms with Gasteiger partial charge in [0.1, 0.15) is 5.75 Å². The van der Waals surface area contributed by atoms with E-state index in [1.165, 1.54) is 0 Å². The quantitative estimate of drug-likeness (QED) is 0.533. The number of benzene rings is 3. The molecule has 0 atom stereocenters. The molecule has 0 bridgehead atoms. The van der Waals surface area contributed by atoms with Gasteiger partial charge in [0.05, 0.1) is 5.56 Å². The van der Waals surface area contributed by atoms with Gasteiger partial charge >= 0.3 is 0 Å². The zero-order chi connectivity index (χ0) is 17.2. The second kappa shape index (κ2) is 6.61. The van der Waals surface area contributed by atoms with Gasteiger partial charge in [-0.3, -0.25) is 4.57 Å². The molecule has 5 heteroatoms. The summed E-state index contributed by atoms with van der Waals surface area (Å²) in [6.45, 7) is 2.09. The molecule has 3 aromatic carbocycles. The molecule has 124 valence electrons. The number of aromatic nitrogens is 3. The standard InChI is InChI=1S/C20H17N3OS/c1-2-25-20-22-21-19(23(20)15-9-4-3-5-10-15)17-13-12-14-8-6-7-11-16(14)18(17)24/h3-13,24H,2H2,1H3. The molecule has 0 aliphatic heterocycles. The van der Waals surface area contributed by atoms with Crippen molar-refractivity contribution in [2.45, 2.75) is 12.1 Å². The Morgan fingerprint density at radius 1 is 0.920 bits per heavy atom. The van der Waals surface area contributed by atoms with Crippen LogP contribution in [0.3, 0.4) is 0 Å². The van der Waals surface area contributed by atoms with Crippen LogP contribution >= 0.6 is 11.8 Å². The lowest BCUT2D eigenvalue weighted by Gasteiger charge is -2.12. The van der Waals surface area contributed by atoms with Gasteiger partial charge in [-0.05, 0) is 29.3 Å². The first-order chi connectivity index (χ1) is 12.3. The lowest BCUT2D eigenvalue weighted by Crippen LogP contribution is -1.99. The van der Waals surface area contributed by atoms with Crippen molar-refractivity contribution in [1.82, 2.24) is 14.8 Å². The fraction of sp³-hybridized carbons (Fsp3) is 0.100. The van der Waals surface area contributed by atoms with Crippen molar-refractivity contribution >= 4 is 22.5 Å². The van der Waals surface area contributed by atoms with Gasteiger partial charge in [0, 0.05) is 11.1 Å². The highest BCUT2D eigenvalue weighted by atomic mass is 32.2. The third kappa shape index (κ3) is 2.76. The molecular weight excluding hydrogens is 330 g/mol. The molecule has 0 radical (unpaired) electrons. The summed E-state index contributed by atoms with van der Waals surface area (Å²) in [6, 6.07) is 21.7. The van der Waals surface area contributed by atoms with E-state index < -0.39 is 0 Å². The number of nitrogens with zero attached hydrogens (tertiary/aromatic N) is 3. The van der Waals surface area contributed by atoms with E-state index in [0.717, 1.165) is 27.4 Å². The largest absolute Gasteiger partial charge is 0.507 e. The van der Waals surface area contributed by atoms with Crippen LogP contribution in [0.5, 0.6) is 5.75 Å². The molecule has 25 heavy (non-hydrogen) atoms. The van der Waals surface area contributed by atoms with E-state index >= 15 is 0 Å². The van der Waals surface area contributed by atoms with E-state index in [1.54, 1.807) is 11.8 Å². The molecule has 0 unspecified atom stereocenters. The first-order valence-electron chi connectivity index (χ1n) is 8.14. The average Bonchev–Trinajstić information content (AvgIpc) is 3.07. The molecule has 1 heterocycles. The minimum absolute atomic E-state index is 0.232. The number of thioether (sulfide) groups is 1. The first kappa shape index (κ1) is 15.7. The van der Waals surface area contributed by atoms with Crippen molar-refractivity contribution < 1.29 is 5.11 Å². The molecule has 0 saturated heterocycles. The Hall–Kier alpha value is -2.79. The normalized spacial score (nSPS) is 11.1.